The lowest BCUT2D eigenvalue weighted by molar-refractivity contribution is -0.145. The molecule has 29 heavy (non-hydrogen) atoms. The molecule has 1 heterocycles. The number of ether oxygens (including phenoxy) is 1. The quantitative estimate of drug-likeness (QED) is 0.628. The molecule has 162 valence electrons. The smallest absolute Gasteiger partial charge is 0.248 e. The van der Waals surface area contributed by atoms with Gasteiger partial charge in [-0.2, -0.15) is 0 Å². The van der Waals surface area contributed by atoms with Crippen LogP contribution in [0.25, 0.3) is 0 Å². The monoisotopic (exact) mass is 406 g/mol. The number of carbonyl (C=O) groups is 2. The maximum Gasteiger partial charge on any atom is 0.248 e. The minimum atomic E-state index is -0.427. The van der Waals surface area contributed by atoms with Crippen molar-refractivity contribution in [2.24, 2.45) is 0 Å². The topological polar surface area (TPSA) is 53.1 Å². The van der Waals surface area contributed by atoms with Crippen molar-refractivity contribution in [1.29, 1.82) is 0 Å². The molecule has 2 amide bonds. The maximum atomic E-state index is 13.1. The van der Waals surface area contributed by atoms with E-state index >= 15 is 0 Å². The Morgan fingerprint density at radius 3 is 2.59 bits per heavy atom. The molecule has 1 aromatic carbocycles. The number of benzene rings is 1. The molecule has 0 spiro atoms. The number of methoxy groups -OCH3 is 1. The van der Waals surface area contributed by atoms with Gasteiger partial charge in [0.25, 0.3) is 0 Å². The Labute approximate surface area is 173 Å². The number of amides is 2. The molecule has 0 N–H and O–H groups in total. The molecule has 0 saturated carbocycles. The normalized spacial score (nSPS) is 17.1. The van der Waals surface area contributed by atoms with Gasteiger partial charge in [-0.3, -0.25) is 14.5 Å². The van der Waals surface area contributed by atoms with Crippen molar-refractivity contribution in [3.8, 4) is 0 Å². The molecule has 1 aliphatic heterocycles. The van der Waals surface area contributed by atoms with Crippen molar-refractivity contribution in [2.75, 3.05) is 59.7 Å². The largest absolute Gasteiger partial charge is 0.375 e. The average Bonchev–Trinajstić information content (AvgIpc) is 2.70. The van der Waals surface area contributed by atoms with Gasteiger partial charge in [-0.25, -0.2) is 4.39 Å². The van der Waals surface area contributed by atoms with Gasteiger partial charge in [-0.05, 0) is 37.1 Å². The van der Waals surface area contributed by atoms with Crippen LogP contribution in [0.5, 0.6) is 0 Å². The number of halogens is 1. The highest BCUT2D eigenvalue weighted by atomic mass is 19.1. The third-order valence-corrected chi connectivity index (χ3v) is 5.67. The Bertz CT molecular complexity index is 698. The van der Waals surface area contributed by atoms with Gasteiger partial charge in [0, 0.05) is 39.8 Å². The average molecular weight is 407 g/mol. The fourth-order valence-electron chi connectivity index (χ4n) is 3.77. The lowest BCUT2D eigenvalue weighted by atomic mass is 10.0. The third kappa shape index (κ3) is 6.51. The summed E-state index contributed by atoms with van der Waals surface area (Å²) in [5.41, 5.74) is 3.36. The molecule has 6 nitrogen and oxygen atoms in total. The van der Waals surface area contributed by atoms with Gasteiger partial charge in [0.1, 0.15) is 13.3 Å². The lowest BCUT2D eigenvalue weighted by Gasteiger charge is -2.43. The van der Waals surface area contributed by atoms with E-state index in [2.05, 4.69) is 13.0 Å². The van der Waals surface area contributed by atoms with Gasteiger partial charge in [0.2, 0.25) is 11.8 Å². The number of hydrogen-bond acceptors (Lipinski definition) is 4. The molecule has 1 saturated heterocycles. The summed E-state index contributed by atoms with van der Waals surface area (Å²) in [6.45, 7) is 8.69. The molecule has 1 aromatic rings. The second kappa shape index (κ2) is 11.3. The van der Waals surface area contributed by atoms with Crippen molar-refractivity contribution in [1.82, 2.24) is 14.7 Å². The number of piperazine rings is 1. The van der Waals surface area contributed by atoms with Crippen LogP contribution < -0.4 is 0 Å². The Hall–Kier alpha value is -1.99. The van der Waals surface area contributed by atoms with Gasteiger partial charge < -0.3 is 14.5 Å². The first-order valence-electron chi connectivity index (χ1n) is 10.3. The van der Waals surface area contributed by atoms with E-state index in [0.29, 0.717) is 45.7 Å². The summed E-state index contributed by atoms with van der Waals surface area (Å²) in [6.07, 6.45) is 0.332. The Kier molecular flexibility index (Phi) is 9.04. The van der Waals surface area contributed by atoms with Crippen molar-refractivity contribution in [2.45, 2.75) is 33.2 Å². The van der Waals surface area contributed by atoms with Crippen LogP contribution in [0, 0.1) is 13.8 Å². The number of alkyl halides is 1. The van der Waals surface area contributed by atoms with Gasteiger partial charge in [0.05, 0.1) is 12.5 Å². The Morgan fingerprint density at radius 2 is 1.97 bits per heavy atom. The highest BCUT2D eigenvalue weighted by Gasteiger charge is 2.33. The third-order valence-electron chi connectivity index (χ3n) is 5.67. The molecule has 0 aliphatic carbocycles. The number of aryl methyl sites for hydroxylation is 2. The Balaban J connectivity index is 2.13. The standard InChI is InChI=1S/C22H34FN3O3/c1-5-24(9-8-23)14-20-15-25(22(28)16-29-4)10-11-26(20)21(27)13-19-7-6-17(2)18(3)12-19/h6-7,12,20H,5,8-11,13-16H2,1-4H3/t20-/m1/s1/i4-1. The molecule has 0 aromatic heterocycles. The van der Waals surface area contributed by atoms with Crippen LogP contribution in [-0.4, -0.2) is 92.2 Å². The van der Waals surface area contributed by atoms with Crippen molar-refractivity contribution < 1.29 is 18.7 Å². The molecule has 0 bridgehead atoms. The van der Waals surface area contributed by atoms with E-state index in [4.69, 9.17) is 4.74 Å². The zero-order valence-corrected chi connectivity index (χ0v) is 18.1. The van der Waals surface area contributed by atoms with Crippen LogP contribution in [0.2, 0.25) is 0 Å². The predicted octanol–water partition coefficient (Wildman–Crippen LogP) is 1.82. The second-order valence-electron chi connectivity index (χ2n) is 7.69. The zero-order valence-electron chi connectivity index (χ0n) is 18.1. The zero-order chi connectivity index (χ0) is 21.4. The molecule has 0 radical (unpaired) electrons. The SMILES string of the molecule is CCN(CCF)C[C@@H]1CN(C(=O)CO[11CH3])CCN1C(=O)Cc1ccc(C)c(C)c1. The molecule has 1 atom stereocenters. The van der Waals surface area contributed by atoms with E-state index in [1.165, 1.54) is 18.2 Å². The van der Waals surface area contributed by atoms with Crippen LogP contribution in [0.1, 0.15) is 23.6 Å². The minimum absolute atomic E-state index is 0.0330. The number of rotatable bonds is 9. The van der Waals surface area contributed by atoms with Crippen molar-refractivity contribution in [3.05, 3.63) is 34.9 Å². The molecule has 7 heteroatoms. The molecular formula is C22H34FN3O3. The van der Waals surface area contributed by atoms with E-state index in [0.717, 1.165) is 5.56 Å². The number of likely N-dealkylation sites (N-methyl/N-ethyl adjacent to an activating group) is 1. The van der Waals surface area contributed by atoms with Crippen LogP contribution in [0.15, 0.2) is 18.2 Å². The molecule has 1 fully saturated rings. The molecule has 1 aliphatic rings. The van der Waals surface area contributed by atoms with Gasteiger partial charge in [-0.1, -0.05) is 25.1 Å². The summed E-state index contributed by atoms with van der Waals surface area (Å²) >= 11 is 0. The van der Waals surface area contributed by atoms with Crippen LogP contribution in [-0.2, 0) is 20.7 Å². The molecule has 0 unspecified atom stereocenters. The number of nitrogens with zero attached hydrogens (tertiary/aromatic N) is 3. The van der Waals surface area contributed by atoms with Gasteiger partial charge in [-0.15, -0.1) is 0 Å². The van der Waals surface area contributed by atoms with E-state index < -0.39 is 6.67 Å². The van der Waals surface area contributed by atoms with Crippen LogP contribution in [0.4, 0.5) is 4.39 Å². The fourth-order valence-corrected chi connectivity index (χ4v) is 3.77. The summed E-state index contributed by atoms with van der Waals surface area (Å²) < 4.78 is 17.9. The second-order valence-corrected chi connectivity index (χ2v) is 7.69. The minimum Gasteiger partial charge on any atom is -0.375 e. The lowest BCUT2D eigenvalue weighted by Crippen LogP contribution is -2.60. The highest BCUT2D eigenvalue weighted by molar-refractivity contribution is 5.81. The summed E-state index contributed by atoms with van der Waals surface area (Å²) in [7, 11) is 1.50. The first-order chi connectivity index (χ1) is 13.9. The first-order valence-corrected chi connectivity index (χ1v) is 10.3. The van der Waals surface area contributed by atoms with Crippen LogP contribution >= 0.6 is 0 Å². The van der Waals surface area contributed by atoms with Gasteiger partial charge >= 0.3 is 0 Å². The van der Waals surface area contributed by atoms with Crippen molar-refractivity contribution in [3.63, 3.8) is 0 Å². The van der Waals surface area contributed by atoms with E-state index in [1.54, 1.807) is 4.90 Å². The summed E-state index contributed by atoms with van der Waals surface area (Å²) in [4.78, 5) is 31.0. The fraction of sp³-hybridized carbons (Fsp3) is 0.636. The summed E-state index contributed by atoms with van der Waals surface area (Å²) in [6, 6.07) is 5.93. The first kappa shape index (κ1) is 23.3. The predicted molar refractivity (Wildman–Crippen MR) is 112 cm³/mol. The molecule has 2 rings (SSSR count). The van der Waals surface area contributed by atoms with Crippen molar-refractivity contribution >= 4 is 11.8 Å². The van der Waals surface area contributed by atoms with E-state index in [9.17, 15) is 14.0 Å². The maximum absolute atomic E-state index is 13.1. The van der Waals surface area contributed by atoms with Crippen LogP contribution in [0.3, 0.4) is 0 Å². The summed E-state index contributed by atoms with van der Waals surface area (Å²) in [5.74, 6) is -0.0271. The number of hydrogen-bond donors (Lipinski definition) is 0. The molecular weight excluding hydrogens is 372 g/mol. The summed E-state index contributed by atoms with van der Waals surface area (Å²) in [5, 5.41) is 0. The highest BCUT2D eigenvalue weighted by Crippen LogP contribution is 2.16. The number of carbonyl (C=O) groups excluding carboxylic acids is 2. The van der Waals surface area contributed by atoms with E-state index in [-0.39, 0.29) is 24.5 Å². The van der Waals surface area contributed by atoms with Gasteiger partial charge in [0.15, 0.2) is 0 Å². The van der Waals surface area contributed by atoms with E-state index in [1.807, 2.05) is 35.8 Å². The Morgan fingerprint density at radius 1 is 1.21 bits per heavy atom.